The average Bonchev–Trinajstić information content (AvgIpc) is 3.43. The number of cyclic esters (lactones) is 1. The van der Waals surface area contributed by atoms with Gasteiger partial charge in [0.25, 0.3) is 5.91 Å². The minimum Gasteiger partial charge on any atom is -0.439 e. The van der Waals surface area contributed by atoms with Crippen LogP contribution in [0.4, 0.5) is 4.79 Å². The highest BCUT2D eigenvalue weighted by atomic mass is 16.6. The molecule has 2 fully saturated rings. The number of hydrogen-bond acceptors (Lipinski definition) is 5. The predicted molar refractivity (Wildman–Crippen MR) is 117 cm³/mol. The van der Waals surface area contributed by atoms with E-state index in [9.17, 15) is 9.59 Å². The lowest BCUT2D eigenvalue weighted by Crippen LogP contribution is -2.47. The summed E-state index contributed by atoms with van der Waals surface area (Å²) in [6.07, 6.45) is 0.923. The molecule has 2 amide bonds. The third-order valence-corrected chi connectivity index (χ3v) is 6.18. The number of benzene rings is 2. The van der Waals surface area contributed by atoms with E-state index in [-0.39, 0.29) is 24.1 Å². The Balaban J connectivity index is 1.22. The smallest absolute Gasteiger partial charge is 0.410 e. The Morgan fingerprint density at radius 2 is 1.62 bits per heavy atom. The predicted octanol–water partition coefficient (Wildman–Crippen LogP) is 3.37. The number of hydrogen-bond donors (Lipinski definition) is 0. The van der Waals surface area contributed by atoms with Crippen LogP contribution in [0, 0.1) is 6.92 Å². The Morgan fingerprint density at radius 1 is 0.969 bits per heavy atom. The molecule has 1 aromatic heterocycles. The van der Waals surface area contributed by atoms with Crippen molar-refractivity contribution >= 4 is 12.0 Å². The summed E-state index contributed by atoms with van der Waals surface area (Å²) in [5, 5.41) is 8.85. The van der Waals surface area contributed by atoms with Crippen LogP contribution in [0.5, 0.6) is 0 Å². The van der Waals surface area contributed by atoms with Gasteiger partial charge in [-0.15, -0.1) is 5.10 Å². The van der Waals surface area contributed by atoms with Crippen LogP contribution in [-0.2, 0) is 4.74 Å². The van der Waals surface area contributed by atoms with Crippen LogP contribution in [0.3, 0.4) is 0 Å². The molecule has 164 valence electrons. The first-order chi connectivity index (χ1) is 15.6. The molecule has 5 rings (SSSR count). The first-order valence-corrected chi connectivity index (χ1v) is 10.9. The van der Waals surface area contributed by atoms with E-state index in [4.69, 9.17) is 4.74 Å². The van der Waals surface area contributed by atoms with Gasteiger partial charge in [-0.05, 0) is 37.5 Å². The highest BCUT2D eigenvalue weighted by Gasteiger charge is 2.39. The van der Waals surface area contributed by atoms with Crippen molar-refractivity contribution in [2.45, 2.75) is 31.9 Å². The molecule has 8 nitrogen and oxygen atoms in total. The maximum absolute atomic E-state index is 13.1. The zero-order valence-corrected chi connectivity index (χ0v) is 17.9. The van der Waals surface area contributed by atoms with Crippen molar-refractivity contribution in [1.29, 1.82) is 0 Å². The SMILES string of the molecule is Cc1nn(-c2ccccc2)nc1C(=O)N1CCC(N2CC(c3ccccc3)OC2=O)CC1. The van der Waals surface area contributed by atoms with Gasteiger partial charge >= 0.3 is 6.09 Å². The number of amides is 2. The average molecular weight is 431 g/mol. The zero-order chi connectivity index (χ0) is 22.1. The van der Waals surface area contributed by atoms with Crippen LogP contribution in [0.2, 0.25) is 0 Å². The van der Waals surface area contributed by atoms with Gasteiger partial charge in [0.05, 0.1) is 17.9 Å². The van der Waals surface area contributed by atoms with Gasteiger partial charge in [-0.2, -0.15) is 9.90 Å². The van der Waals surface area contributed by atoms with Gasteiger partial charge in [0.2, 0.25) is 0 Å². The van der Waals surface area contributed by atoms with Crippen LogP contribution >= 0.6 is 0 Å². The molecule has 0 aliphatic carbocycles. The lowest BCUT2D eigenvalue weighted by molar-refractivity contribution is 0.0651. The van der Waals surface area contributed by atoms with Crippen LogP contribution in [0.25, 0.3) is 5.69 Å². The monoisotopic (exact) mass is 431 g/mol. The Morgan fingerprint density at radius 3 is 2.31 bits per heavy atom. The van der Waals surface area contributed by atoms with Gasteiger partial charge in [0.1, 0.15) is 6.10 Å². The molecule has 8 heteroatoms. The topological polar surface area (TPSA) is 80.6 Å². The van der Waals surface area contributed by atoms with Crippen molar-refractivity contribution in [2.24, 2.45) is 0 Å². The molecule has 1 unspecified atom stereocenters. The number of rotatable bonds is 4. The maximum atomic E-state index is 13.1. The first kappa shape index (κ1) is 20.2. The second-order valence-electron chi connectivity index (χ2n) is 8.22. The Kier molecular flexibility index (Phi) is 5.34. The molecule has 2 aromatic carbocycles. The standard InChI is InChI=1S/C24H25N5O3/c1-17-22(26-29(25-17)20-10-6-3-7-11-20)23(30)27-14-12-19(13-15-27)28-16-21(32-24(28)31)18-8-4-2-5-9-18/h2-11,19,21H,12-16H2,1H3. The zero-order valence-electron chi connectivity index (χ0n) is 17.9. The van der Waals surface area contributed by atoms with E-state index in [1.807, 2.05) is 65.6 Å². The van der Waals surface area contributed by atoms with Crippen LogP contribution in [0.15, 0.2) is 60.7 Å². The van der Waals surface area contributed by atoms with E-state index in [1.165, 1.54) is 4.80 Å². The molecule has 0 saturated carbocycles. The fourth-order valence-electron chi connectivity index (χ4n) is 4.40. The number of likely N-dealkylation sites (tertiary alicyclic amines) is 1. The van der Waals surface area contributed by atoms with Crippen molar-refractivity contribution in [3.63, 3.8) is 0 Å². The summed E-state index contributed by atoms with van der Waals surface area (Å²) < 4.78 is 5.60. The Bertz CT molecular complexity index is 1110. The van der Waals surface area contributed by atoms with Gasteiger partial charge in [-0.25, -0.2) is 4.79 Å². The largest absolute Gasteiger partial charge is 0.439 e. The number of carbonyl (C=O) groups is 2. The molecule has 3 aromatic rings. The first-order valence-electron chi connectivity index (χ1n) is 10.9. The molecule has 0 radical (unpaired) electrons. The summed E-state index contributed by atoms with van der Waals surface area (Å²) in [4.78, 5) is 30.7. The van der Waals surface area contributed by atoms with E-state index >= 15 is 0 Å². The minimum absolute atomic E-state index is 0.0707. The quantitative estimate of drug-likeness (QED) is 0.633. The lowest BCUT2D eigenvalue weighted by Gasteiger charge is -2.35. The van der Waals surface area contributed by atoms with Crippen molar-refractivity contribution in [2.75, 3.05) is 19.6 Å². The van der Waals surface area contributed by atoms with Crippen molar-refractivity contribution < 1.29 is 14.3 Å². The van der Waals surface area contributed by atoms with Gasteiger partial charge in [-0.3, -0.25) is 4.79 Å². The molecule has 2 aliphatic rings. The summed E-state index contributed by atoms with van der Waals surface area (Å²) in [5.74, 6) is -0.116. The molecule has 0 spiro atoms. The van der Waals surface area contributed by atoms with E-state index in [0.717, 1.165) is 11.3 Å². The number of aryl methyl sites for hydroxylation is 1. The molecule has 2 saturated heterocycles. The third kappa shape index (κ3) is 3.84. The molecular weight excluding hydrogens is 406 g/mol. The summed E-state index contributed by atoms with van der Waals surface area (Å²) in [6.45, 7) is 3.49. The molecule has 3 heterocycles. The second kappa shape index (κ2) is 8.45. The fraction of sp³-hybridized carbons (Fsp3) is 0.333. The minimum atomic E-state index is -0.273. The summed E-state index contributed by atoms with van der Waals surface area (Å²) in [6, 6.07) is 19.4. The van der Waals surface area contributed by atoms with E-state index in [1.54, 1.807) is 11.8 Å². The van der Waals surface area contributed by atoms with Crippen LogP contribution in [0.1, 0.15) is 40.7 Å². The van der Waals surface area contributed by atoms with Crippen molar-refractivity contribution in [3.05, 3.63) is 77.6 Å². The van der Waals surface area contributed by atoms with Gasteiger partial charge in [0.15, 0.2) is 5.69 Å². The van der Waals surface area contributed by atoms with Crippen LogP contribution < -0.4 is 0 Å². The maximum Gasteiger partial charge on any atom is 0.410 e. The van der Waals surface area contributed by atoms with Crippen LogP contribution in [-0.4, -0.2) is 62.5 Å². The molecule has 0 bridgehead atoms. The molecular formula is C24H25N5O3. The lowest BCUT2D eigenvalue weighted by atomic mass is 10.0. The van der Waals surface area contributed by atoms with Crippen molar-refractivity contribution in [1.82, 2.24) is 24.8 Å². The van der Waals surface area contributed by atoms with Crippen molar-refractivity contribution in [3.8, 4) is 5.69 Å². The van der Waals surface area contributed by atoms with Gasteiger partial charge in [-0.1, -0.05) is 48.5 Å². The Labute approximate surface area is 186 Å². The third-order valence-electron chi connectivity index (χ3n) is 6.18. The number of para-hydroxylation sites is 1. The highest BCUT2D eigenvalue weighted by molar-refractivity contribution is 5.93. The molecule has 0 N–H and O–H groups in total. The fourth-order valence-corrected chi connectivity index (χ4v) is 4.40. The number of aromatic nitrogens is 3. The highest BCUT2D eigenvalue weighted by Crippen LogP contribution is 2.30. The summed E-state index contributed by atoms with van der Waals surface area (Å²) in [5.41, 5.74) is 2.80. The van der Waals surface area contributed by atoms with E-state index in [0.29, 0.717) is 43.9 Å². The number of piperidine rings is 1. The Hall–Kier alpha value is -3.68. The molecule has 2 aliphatic heterocycles. The van der Waals surface area contributed by atoms with E-state index in [2.05, 4.69) is 10.2 Å². The summed E-state index contributed by atoms with van der Waals surface area (Å²) >= 11 is 0. The number of ether oxygens (including phenoxy) is 1. The summed E-state index contributed by atoms with van der Waals surface area (Å²) in [7, 11) is 0. The molecule has 32 heavy (non-hydrogen) atoms. The number of carbonyl (C=O) groups excluding carboxylic acids is 2. The van der Waals surface area contributed by atoms with E-state index < -0.39 is 0 Å². The second-order valence-corrected chi connectivity index (χ2v) is 8.22. The van der Waals surface area contributed by atoms with Gasteiger partial charge < -0.3 is 14.5 Å². The molecule has 1 atom stereocenters. The van der Waals surface area contributed by atoms with Gasteiger partial charge in [0, 0.05) is 19.1 Å². The normalized spacial score (nSPS) is 19.3. The number of nitrogens with zero attached hydrogens (tertiary/aromatic N) is 5.